The van der Waals surface area contributed by atoms with E-state index in [2.05, 4.69) is 25.5 Å². The van der Waals surface area contributed by atoms with E-state index in [0.717, 1.165) is 11.1 Å². The second-order valence-corrected chi connectivity index (χ2v) is 4.36. The minimum absolute atomic E-state index is 0.239. The number of aromatic nitrogens is 4. The smallest absolute Gasteiger partial charge is 0.275 e. The van der Waals surface area contributed by atoms with Crippen LogP contribution in [0.2, 0.25) is 0 Å². The number of hydrogen-bond acceptors (Lipinski definition) is 5. The maximum absolute atomic E-state index is 12.1. The first-order valence-electron chi connectivity index (χ1n) is 6.19. The summed E-state index contributed by atoms with van der Waals surface area (Å²) in [6.45, 7) is 0. The number of nitrogen functional groups attached to an aromatic ring is 1. The van der Waals surface area contributed by atoms with Gasteiger partial charge in [0.25, 0.3) is 5.91 Å². The number of H-pyrrole nitrogens is 1. The highest BCUT2D eigenvalue weighted by Gasteiger charge is 2.12. The lowest BCUT2D eigenvalue weighted by atomic mass is 10.1. The van der Waals surface area contributed by atoms with Crippen molar-refractivity contribution in [3.8, 4) is 11.1 Å². The Hall–Kier alpha value is -3.22. The van der Waals surface area contributed by atoms with Crippen molar-refractivity contribution in [2.45, 2.75) is 0 Å². The van der Waals surface area contributed by atoms with Crippen LogP contribution in [0.15, 0.2) is 49.2 Å². The molecular formula is C14H12N6O. The van der Waals surface area contributed by atoms with Crippen molar-refractivity contribution in [1.82, 2.24) is 20.2 Å². The summed E-state index contributed by atoms with van der Waals surface area (Å²) in [5.41, 5.74) is 8.62. The van der Waals surface area contributed by atoms with Crippen molar-refractivity contribution >= 4 is 17.3 Å². The van der Waals surface area contributed by atoms with Crippen LogP contribution in [0.3, 0.4) is 0 Å². The quantitative estimate of drug-likeness (QED) is 0.676. The predicted molar refractivity (Wildman–Crippen MR) is 78.4 cm³/mol. The van der Waals surface area contributed by atoms with E-state index in [4.69, 9.17) is 5.73 Å². The monoisotopic (exact) mass is 280 g/mol. The normalized spacial score (nSPS) is 10.3. The lowest BCUT2D eigenvalue weighted by Crippen LogP contribution is -2.14. The Bertz CT molecular complexity index is 768. The zero-order chi connectivity index (χ0) is 14.7. The molecule has 3 rings (SSSR count). The molecule has 1 aromatic carbocycles. The molecule has 3 aromatic rings. The van der Waals surface area contributed by atoms with Gasteiger partial charge in [-0.15, -0.1) is 0 Å². The number of nitrogens with zero attached hydrogens (tertiary/aromatic N) is 3. The van der Waals surface area contributed by atoms with Crippen molar-refractivity contribution in [3.63, 3.8) is 0 Å². The maximum atomic E-state index is 12.1. The van der Waals surface area contributed by atoms with E-state index < -0.39 is 0 Å². The van der Waals surface area contributed by atoms with Gasteiger partial charge in [0.1, 0.15) is 12.0 Å². The summed E-state index contributed by atoms with van der Waals surface area (Å²) in [5.74, 6) is -0.341. The molecule has 7 heteroatoms. The lowest BCUT2D eigenvalue weighted by Gasteiger charge is -2.06. The second kappa shape index (κ2) is 5.41. The van der Waals surface area contributed by atoms with Gasteiger partial charge in [0.2, 0.25) is 0 Å². The molecule has 0 saturated heterocycles. The lowest BCUT2D eigenvalue weighted by molar-refractivity contribution is 0.102. The summed E-state index contributed by atoms with van der Waals surface area (Å²) in [6.07, 6.45) is 6.28. The Balaban J connectivity index is 1.84. The van der Waals surface area contributed by atoms with E-state index in [1.807, 2.05) is 18.2 Å². The van der Waals surface area contributed by atoms with Crippen molar-refractivity contribution in [1.29, 1.82) is 0 Å². The molecule has 4 N–H and O–H groups in total. The maximum Gasteiger partial charge on any atom is 0.275 e. The average Bonchev–Trinajstić information content (AvgIpc) is 2.95. The minimum Gasteiger partial charge on any atom is -0.396 e. The molecule has 0 aliphatic rings. The number of amides is 1. The molecule has 21 heavy (non-hydrogen) atoms. The molecule has 0 saturated carbocycles. The molecule has 0 fully saturated rings. The number of rotatable bonds is 3. The van der Waals surface area contributed by atoms with Gasteiger partial charge < -0.3 is 11.1 Å². The molecule has 0 radical (unpaired) electrons. The van der Waals surface area contributed by atoms with Gasteiger partial charge in [-0.3, -0.25) is 9.89 Å². The third-order valence-corrected chi connectivity index (χ3v) is 2.91. The summed E-state index contributed by atoms with van der Waals surface area (Å²) in [6, 6.07) is 7.38. The van der Waals surface area contributed by atoms with Gasteiger partial charge in [0.15, 0.2) is 0 Å². The number of carbonyl (C=O) groups is 1. The van der Waals surface area contributed by atoms with Crippen LogP contribution in [0.25, 0.3) is 11.1 Å². The van der Waals surface area contributed by atoms with E-state index in [1.165, 1.54) is 12.5 Å². The number of nitrogens with two attached hydrogens (primary N) is 1. The fraction of sp³-hybridized carbons (Fsp3) is 0. The Kier molecular flexibility index (Phi) is 3.30. The van der Waals surface area contributed by atoms with E-state index in [0.29, 0.717) is 11.4 Å². The molecular weight excluding hydrogens is 268 g/mol. The Labute approximate surface area is 120 Å². The van der Waals surface area contributed by atoms with Crippen LogP contribution in [-0.4, -0.2) is 26.1 Å². The summed E-state index contributed by atoms with van der Waals surface area (Å²) in [7, 11) is 0. The molecule has 0 unspecified atom stereocenters. The number of carbonyl (C=O) groups excluding carboxylic acids is 1. The molecule has 0 spiro atoms. The van der Waals surface area contributed by atoms with Crippen molar-refractivity contribution in [2.24, 2.45) is 0 Å². The summed E-state index contributed by atoms with van der Waals surface area (Å²) < 4.78 is 0. The summed E-state index contributed by atoms with van der Waals surface area (Å²) >= 11 is 0. The number of nitrogens with one attached hydrogen (secondary N) is 2. The number of anilines is 2. The standard InChI is InChI=1S/C14H12N6O/c15-12-7-18-20-13(12)14(21)19-11-3-1-2-9(4-11)10-5-16-8-17-6-10/h1-8H,15H2,(H,18,20)(H,19,21). The molecule has 7 nitrogen and oxygen atoms in total. The fourth-order valence-electron chi connectivity index (χ4n) is 1.90. The van der Waals surface area contributed by atoms with Crippen LogP contribution < -0.4 is 11.1 Å². The Morgan fingerprint density at radius 2 is 1.95 bits per heavy atom. The zero-order valence-electron chi connectivity index (χ0n) is 10.9. The Morgan fingerprint density at radius 1 is 1.14 bits per heavy atom. The van der Waals surface area contributed by atoms with Crippen molar-refractivity contribution in [3.05, 3.63) is 54.9 Å². The first-order chi connectivity index (χ1) is 10.2. The van der Waals surface area contributed by atoms with Gasteiger partial charge in [-0.05, 0) is 17.7 Å². The van der Waals surface area contributed by atoms with Gasteiger partial charge in [0, 0.05) is 23.6 Å². The van der Waals surface area contributed by atoms with E-state index in [-0.39, 0.29) is 11.6 Å². The van der Waals surface area contributed by atoms with Gasteiger partial charge in [-0.25, -0.2) is 9.97 Å². The zero-order valence-corrected chi connectivity index (χ0v) is 10.9. The van der Waals surface area contributed by atoms with Crippen LogP contribution in [0, 0.1) is 0 Å². The first-order valence-corrected chi connectivity index (χ1v) is 6.19. The molecule has 2 heterocycles. The third kappa shape index (κ3) is 2.71. The van der Waals surface area contributed by atoms with Gasteiger partial charge >= 0.3 is 0 Å². The van der Waals surface area contributed by atoms with E-state index in [1.54, 1.807) is 18.5 Å². The molecule has 0 bridgehead atoms. The topological polar surface area (TPSA) is 110 Å². The third-order valence-electron chi connectivity index (χ3n) is 2.91. The molecule has 1 amide bonds. The SMILES string of the molecule is Nc1cn[nH]c1C(=O)Nc1cccc(-c2cncnc2)c1. The minimum atomic E-state index is -0.341. The highest BCUT2D eigenvalue weighted by Crippen LogP contribution is 2.21. The molecule has 0 aliphatic carbocycles. The van der Waals surface area contributed by atoms with Crippen molar-refractivity contribution < 1.29 is 4.79 Å². The molecule has 0 atom stereocenters. The largest absolute Gasteiger partial charge is 0.396 e. The van der Waals surface area contributed by atoms with Gasteiger partial charge in [-0.2, -0.15) is 5.10 Å². The highest BCUT2D eigenvalue weighted by atomic mass is 16.1. The van der Waals surface area contributed by atoms with E-state index >= 15 is 0 Å². The average molecular weight is 280 g/mol. The second-order valence-electron chi connectivity index (χ2n) is 4.36. The summed E-state index contributed by atoms with van der Waals surface area (Å²) in [4.78, 5) is 20.0. The fourth-order valence-corrected chi connectivity index (χ4v) is 1.90. The van der Waals surface area contributed by atoms with Crippen molar-refractivity contribution in [2.75, 3.05) is 11.1 Å². The van der Waals surface area contributed by atoms with Crippen LogP contribution in [-0.2, 0) is 0 Å². The highest BCUT2D eigenvalue weighted by molar-refractivity contribution is 6.06. The van der Waals surface area contributed by atoms with Crippen LogP contribution in [0.1, 0.15) is 10.5 Å². The van der Waals surface area contributed by atoms with Gasteiger partial charge in [0.05, 0.1) is 11.9 Å². The van der Waals surface area contributed by atoms with E-state index in [9.17, 15) is 4.79 Å². The predicted octanol–water partition coefficient (Wildman–Crippen LogP) is 1.70. The van der Waals surface area contributed by atoms with Crippen LogP contribution in [0.4, 0.5) is 11.4 Å². The first kappa shape index (κ1) is 12.8. The van der Waals surface area contributed by atoms with Crippen LogP contribution >= 0.6 is 0 Å². The molecule has 0 aliphatic heterocycles. The number of aromatic amines is 1. The van der Waals surface area contributed by atoms with Crippen LogP contribution in [0.5, 0.6) is 0 Å². The number of benzene rings is 1. The summed E-state index contributed by atoms with van der Waals surface area (Å²) in [5, 5.41) is 9.05. The Morgan fingerprint density at radius 3 is 2.67 bits per heavy atom. The van der Waals surface area contributed by atoms with Gasteiger partial charge in [-0.1, -0.05) is 12.1 Å². The molecule has 2 aromatic heterocycles. The molecule has 104 valence electrons. The number of hydrogen-bond donors (Lipinski definition) is 3.